The molecule has 1 fully saturated rings. The summed E-state index contributed by atoms with van der Waals surface area (Å²) < 4.78 is 0. The fourth-order valence-corrected chi connectivity index (χ4v) is 3.69. The van der Waals surface area contributed by atoms with E-state index in [-0.39, 0.29) is 5.91 Å². The number of para-hydroxylation sites is 1. The van der Waals surface area contributed by atoms with Crippen LogP contribution < -0.4 is 4.90 Å². The molecule has 0 aromatic heterocycles. The Kier molecular flexibility index (Phi) is 6.10. The van der Waals surface area contributed by atoms with Crippen LogP contribution in [-0.2, 0) is 11.3 Å². The second-order valence-corrected chi connectivity index (χ2v) is 6.82. The molecule has 3 heteroatoms. The molecule has 0 spiro atoms. The minimum absolute atomic E-state index is 0.256. The summed E-state index contributed by atoms with van der Waals surface area (Å²) in [7, 11) is 0. The molecule has 1 amide bonds. The monoisotopic (exact) mass is 336 g/mol. The molecule has 1 aliphatic rings. The van der Waals surface area contributed by atoms with Gasteiger partial charge in [-0.05, 0) is 43.4 Å². The Morgan fingerprint density at radius 3 is 2.40 bits per heavy atom. The molecule has 2 aromatic carbocycles. The molecule has 3 nitrogen and oxygen atoms in total. The molecule has 0 saturated carbocycles. The highest BCUT2D eigenvalue weighted by Crippen LogP contribution is 2.22. The highest BCUT2D eigenvalue weighted by molar-refractivity contribution is 5.82. The zero-order valence-electron chi connectivity index (χ0n) is 15.1. The smallest absolute Gasteiger partial charge is 0.242 e. The fraction of sp³-hybridized carbons (Fsp3) is 0.409. The van der Waals surface area contributed by atoms with Crippen LogP contribution in [-0.4, -0.2) is 29.9 Å². The second-order valence-electron chi connectivity index (χ2n) is 6.82. The van der Waals surface area contributed by atoms with E-state index in [1.54, 1.807) is 0 Å². The maximum atomic E-state index is 13.0. The van der Waals surface area contributed by atoms with Crippen molar-refractivity contribution in [2.24, 2.45) is 0 Å². The molecule has 1 heterocycles. The Bertz CT molecular complexity index is 656. The lowest BCUT2D eigenvalue weighted by atomic mass is 10.00. The molecule has 0 radical (unpaired) electrons. The van der Waals surface area contributed by atoms with Crippen molar-refractivity contribution >= 4 is 11.6 Å². The Labute approximate surface area is 151 Å². The molecular weight excluding hydrogens is 308 g/mol. The first-order chi connectivity index (χ1) is 12.3. The van der Waals surface area contributed by atoms with Crippen molar-refractivity contribution in [2.75, 3.05) is 18.0 Å². The van der Waals surface area contributed by atoms with Crippen molar-refractivity contribution in [3.63, 3.8) is 0 Å². The van der Waals surface area contributed by atoms with E-state index in [2.05, 4.69) is 53.1 Å². The third-order valence-electron chi connectivity index (χ3n) is 5.08. The number of rotatable bonds is 6. The zero-order chi connectivity index (χ0) is 17.5. The third kappa shape index (κ3) is 4.62. The molecule has 1 unspecified atom stereocenters. The normalized spacial score (nSPS) is 17.3. The predicted octanol–water partition coefficient (Wildman–Crippen LogP) is 4.48. The first-order valence-corrected chi connectivity index (χ1v) is 9.41. The quantitative estimate of drug-likeness (QED) is 0.776. The minimum atomic E-state index is 0.256. The standard InChI is InChI=1S/C22H28N2O/c1-2-20-13-9-10-16-24(20)22(25)18-23(21-14-7-4-8-15-21)17-19-11-5-3-6-12-19/h3-8,11-12,14-15,20H,2,9-10,13,16-18H2,1H3. The maximum Gasteiger partial charge on any atom is 0.242 e. The Balaban J connectivity index is 1.76. The molecule has 25 heavy (non-hydrogen) atoms. The number of likely N-dealkylation sites (tertiary alicyclic amines) is 1. The molecule has 3 rings (SSSR count). The molecule has 0 bridgehead atoms. The van der Waals surface area contributed by atoms with Gasteiger partial charge in [-0.25, -0.2) is 0 Å². The third-order valence-corrected chi connectivity index (χ3v) is 5.08. The fourth-order valence-electron chi connectivity index (χ4n) is 3.69. The Morgan fingerprint density at radius 1 is 1.04 bits per heavy atom. The molecule has 1 saturated heterocycles. The van der Waals surface area contributed by atoms with Gasteiger partial charge < -0.3 is 9.80 Å². The Hall–Kier alpha value is -2.29. The van der Waals surface area contributed by atoms with Gasteiger partial charge in [0.2, 0.25) is 5.91 Å². The van der Waals surface area contributed by atoms with Gasteiger partial charge in [0.05, 0.1) is 6.54 Å². The number of benzene rings is 2. The van der Waals surface area contributed by atoms with Gasteiger partial charge >= 0.3 is 0 Å². The van der Waals surface area contributed by atoms with Gasteiger partial charge in [0.1, 0.15) is 0 Å². The number of hydrogen-bond acceptors (Lipinski definition) is 2. The van der Waals surface area contributed by atoms with Crippen LogP contribution in [0, 0.1) is 0 Å². The molecular formula is C22H28N2O. The van der Waals surface area contributed by atoms with Crippen molar-refractivity contribution in [3.05, 3.63) is 66.2 Å². The summed E-state index contributed by atoms with van der Waals surface area (Å²) in [6.45, 7) is 4.29. The van der Waals surface area contributed by atoms with E-state index < -0.39 is 0 Å². The van der Waals surface area contributed by atoms with Crippen LogP contribution in [0.4, 0.5) is 5.69 Å². The average molecular weight is 336 g/mol. The molecule has 1 aliphatic heterocycles. The van der Waals surface area contributed by atoms with Crippen LogP contribution in [0.3, 0.4) is 0 Å². The van der Waals surface area contributed by atoms with E-state index in [1.807, 2.05) is 24.3 Å². The van der Waals surface area contributed by atoms with Crippen LogP contribution in [0.1, 0.15) is 38.2 Å². The van der Waals surface area contributed by atoms with Gasteiger partial charge in [-0.15, -0.1) is 0 Å². The average Bonchev–Trinajstić information content (AvgIpc) is 2.69. The number of amides is 1. The summed E-state index contributed by atoms with van der Waals surface area (Å²) in [5.41, 5.74) is 2.33. The van der Waals surface area contributed by atoms with Crippen molar-refractivity contribution < 1.29 is 4.79 Å². The lowest BCUT2D eigenvalue weighted by molar-refractivity contribution is -0.133. The number of carbonyl (C=O) groups excluding carboxylic acids is 1. The number of carbonyl (C=O) groups is 1. The number of anilines is 1. The van der Waals surface area contributed by atoms with Crippen LogP contribution >= 0.6 is 0 Å². The van der Waals surface area contributed by atoms with E-state index in [0.717, 1.165) is 38.0 Å². The van der Waals surface area contributed by atoms with Crippen molar-refractivity contribution in [2.45, 2.75) is 45.2 Å². The van der Waals surface area contributed by atoms with Crippen molar-refractivity contribution in [1.82, 2.24) is 4.90 Å². The summed E-state index contributed by atoms with van der Waals surface area (Å²) >= 11 is 0. The van der Waals surface area contributed by atoms with Crippen LogP contribution in [0.5, 0.6) is 0 Å². The molecule has 1 atom stereocenters. The van der Waals surface area contributed by atoms with Gasteiger partial charge in [0.15, 0.2) is 0 Å². The summed E-state index contributed by atoms with van der Waals surface area (Å²) in [5, 5.41) is 0. The highest BCUT2D eigenvalue weighted by atomic mass is 16.2. The molecule has 132 valence electrons. The largest absolute Gasteiger partial charge is 0.358 e. The van der Waals surface area contributed by atoms with Gasteiger partial charge in [0, 0.05) is 24.8 Å². The minimum Gasteiger partial charge on any atom is -0.358 e. The first kappa shape index (κ1) is 17.5. The Morgan fingerprint density at radius 2 is 1.72 bits per heavy atom. The molecule has 0 N–H and O–H groups in total. The second kappa shape index (κ2) is 8.70. The maximum absolute atomic E-state index is 13.0. The van der Waals surface area contributed by atoms with Gasteiger partial charge in [0.25, 0.3) is 0 Å². The lowest BCUT2D eigenvalue weighted by Gasteiger charge is -2.37. The summed E-state index contributed by atoms with van der Waals surface area (Å²) in [5.74, 6) is 0.256. The van der Waals surface area contributed by atoms with Crippen molar-refractivity contribution in [3.8, 4) is 0 Å². The van der Waals surface area contributed by atoms with Gasteiger partial charge in [-0.2, -0.15) is 0 Å². The topological polar surface area (TPSA) is 23.6 Å². The van der Waals surface area contributed by atoms with Crippen LogP contribution in [0.25, 0.3) is 0 Å². The summed E-state index contributed by atoms with van der Waals surface area (Å²) in [4.78, 5) is 17.3. The highest BCUT2D eigenvalue weighted by Gasteiger charge is 2.26. The number of hydrogen-bond donors (Lipinski definition) is 0. The van der Waals surface area contributed by atoms with E-state index in [0.29, 0.717) is 12.6 Å². The van der Waals surface area contributed by atoms with E-state index in [4.69, 9.17) is 0 Å². The molecule has 2 aromatic rings. The zero-order valence-corrected chi connectivity index (χ0v) is 15.1. The summed E-state index contributed by atoms with van der Waals surface area (Å²) in [6, 6.07) is 21.1. The first-order valence-electron chi connectivity index (χ1n) is 9.41. The van der Waals surface area contributed by atoms with E-state index in [9.17, 15) is 4.79 Å². The van der Waals surface area contributed by atoms with Crippen molar-refractivity contribution in [1.29, 1.82) is 0 Å². The molecule has 0 aliphatic carbocycles. The SMILES string of the molecule is CCC1CCCCN1C(=O)CN(Cc1ccccc1)c1ccccc1. The number of piperidine rings is 1. The van der Waals surface area contributed by atoms with Crippen LogP contribution in [0.15, 0.2) is 60.7 Å². The lowest BCUT2D eigenvalue weighted by Crippen LogP contribution is -2.47. The number of nitrogens with zero attached hydrogens (tertiary/aromatic N) is 2. The van der Waals surface area contributed by atoms with Gasteiger partial charge in [-0.3, -0.25) is 4.79 Å². The summed E-state index contributed by atoms with van der Waals surface area (Å²) in [6.07, 6.45) is 4.57. The van der Waals surface area contributed by atoms with E-state index >= 15 is 0 Å². The van der Waals surface area contributed by atoms with E-state index in [1.165, 1.54) is 12.0 Å². The van der Waals surface area contributed by atoms with Crippen LogP contribution in [0.2, 0.25) is 0 Å². The predicted molar refractivity (Wildman–Crippen MR) is 104 cm³/mol. The van der Waals surface area contributed by atoms with Gasteiger partial charge in [-0.1, -0.05) is 55.5 Å².